The number of hydrogen-bond acceptors (Lipinski definition) is 7. The molecule has 7 nitrogen and oxygen atoms in total. The summed E-state index contributed by atoms with van der Waals surface area (Å²) in [6.07, 6.45) is 2.54. The Labute approximate surface area is 178 Å². The summed E-state index contributed by atoms with van der Waals surface area (Å²) in [5.41, 5.74) is 5.64. The minimum absolute atomic E-state index is 0.111. The van der Waals surface area contributed by atoms with Crippen molar-refractivity contribution in [1.82, 2.24) is 19.7 Å². The zero-order valence-corrected chi connectivity index (χ0v) is 18.7. The third kappa shape index (κ3) is 5.65. The lowest BCUT2D eigenvalue weighted by Crippen LogP contribution is -2.14. The number of ether oxygens (including phenoxy) is 1. The number of nitrogens with zero attached hydrogens (tertiary/aromatic N) is 4. The molecular weight excluding hydrogens is 406 g/mol. The van der Waals surface area contributed by atoms with E-state index in [2.05, 4.69) is 53.4 Å². The van der Waals surface area contributed by atoms with Crippen LogP contribution in [0.2, 0.25) is 0 Å². The van der Waals surface area contributed by atoms with Crippen LogP contribution < -0.4 is 5.32 Å². The van der Waals surface area contributed by atoms with Gasteiger partial charge < -0.3 is 14.6 Å². The molecule has 29 heavy (non-hydrogen) atoms. The van der Waals surface area contributed by atoms with E-state index >= 15 is 0 Å². The number of aromatic nitrogens is 4. The van der Waals surface area contributed by atoms with E-state index in [0.29, 0.717) is 11.7 Å². The van der Waals surface area contributed by atoms with E-state index in [1.54, 1.807) is 13.4 Å². The quantitative estimate of drug-likeness (QED) is 0.406. The second kappa shape index (κ2) is 10.00. The summed E-state index contributed by atoms with van der Waals surface area (Å²) in [4.78, 5) is 17.0. The molecule has 2 aromatic heterocycles. The van der Waals surface area contributed by atoms with Crippen LogP contribution >= 0.6 is 23.1 Å². The number of anilines is 1. The van der Waals surface area contributed by atoms with Gasteiger partial charge >= 0.3 is 0 Å². The first-order chi connectivity index (χ1) is 14.0. The smallest absolute Gasteiger partial charge is 0.236 e. The molecule has 0 aliphatic heterocycles. The highest BCUT2D eigenvalue weighted by atomic mass is 32.2. The maximum Gasteiger partial charge on any atom is 0.236 e. The van der Waals surface area contributed by atoms with Crippen LogP contribution in [0.1, 0.15) is 23.1 Å². The van der Waals surface area contributed by atoms with Crippen molar-refractivity contribution in [3.8, 4) is 11.3 Å². The number of methoxy groups -OCH3 is 1. The van der Waals surface area contributed by atoms with Gasteiger partial charge in [0.15, 0.2) is 10.3 Å². The highest BCUT2D eigenvalue weighted by Crippen LogP contribution is 2.31. The van der Waals surface area contributed by atoms with Crippen molar-refractivity contribution in [2.24, 2.45) is 0 Å². The van der Waals surface area contributed by atoms with Crippen molar-refractivity contribution in [3.05, 3.63) is 40.5 Å². The predicted molar refractivity (Wildman–Crippen MR) is 118 cm³/mol. The van der Waals surface area contributed by atoms with Gasteiger partial charge in [0.2, 0.25) is 5.91 Å². The summed E-state index contributed by atoms with van der Waals surface area (Å²) in [5, 5.41) is 14.2. The monoisotopic (exact) mass is 431 g/mol. The zero-order chi connectivity index (χ0) is 20.8. The van der Waals surface area contributed by atoms with Crippen molar-refractivity contribution in [1.29, 1.82) is 0 Å². The van der Waals surface area contributed by atoms with E-state index in [1.165, 1.54) is 39.8 Å². The van der Waals surface area contributed by atoms with Crippen LogP contribution in [0.3, 0.4) is 0 Å². The van der Waals surface area contributed by atoms with Gasteiger partial charge in [-0.05, 0) is 38.3 Å². The molecule has 3 aromatic rings. The van der Waals surface area contributed by atoms with Gasteiger partial charge in [0, 0.05) is 31.2 Å². The summed E-state index contributed by atoms with van der Waals surface area (Å²) in [6, 6.07) is 4.30. The Kier molecular flexibility index (Phi) is 7.40. The molecule has 0 aliphatic carbocycles. The van der Waals surface area contributed by atoms with Crippen molar-refractivity contribution < 1.29 is 9.53 Å². The average molecular weight is 432 g/mol. The van der Waals surface area contributed by atoms with Crippen LogP contribution in [-0.4, -0.2) is 45.1 Å². The lowest BCUT2D eigenvalue weighted by Gasteiger charge is -2.08. The van der Waals surface area contributed by atoms with Gasteiger partial charge in [0.05, 0.1) is 11.4 Å². The second-order valence-electron chi connectivity index (χ2n) is 6.80. The van der Waals surface area contributed by atoms with Crippen molar-refractivity contribution in [2.75, 3.05) is 24.8 Å². The van der Waals surface area contributed by atoms with Gasteiger partial charge in [-0.1, -0.05) is 29.5 Å². The van der Waals surface area contributed by atoms with Gasteiger partial charge in [0.1, 0.15) is 6.33 Å². The Morgan fingerprint density at radius 2 is 2.03 bits per heavy atom. The fraction of sp³-hybridized carbons (Fsp3) is 0.400. The number of amides is 1. The molecule has 2 heterocycles. The maximum atomic E-state index is 12.4. The maximum absolute atomic E-state index is 12.4. The fourth-order valence-electron chi connectivity index (χ4n) is 3.20. The molecule has 0 atom stereocenters. The summed E-state index contributed by atoms with van der Waals surface area (Å²) in [5.74, 6) is 0.139. The molecule has 0 aliphatic rings. The average Bonchev–Trinajstić information content (AvgIpc) is 3.29. The first-order valence-electron chi connectivity index (χ1n) is 9.31. The number of carbonyl (C=O) groups is 1. The molecule has 0 bridgehead atoms. The summed E-state index contributed by atoms with van der Waals surface area (Å²) < 4.78 is 7.00. The van der Waals surface area contributed by atoms with E-state index in [1.807, 2.05) is 9.95 Å². The normalized spacial score (nSPS) is 11.0. The first kappa shape index (κ1) is 21.5. The zero-order valence-electron chi connectivity index (χ0n) is 17.1. The topological polar surface area (TPSA) is 81.9 Å². The lowest BCUT2D eigenvalue weighted by molar-refractivity contribution is -0.113. The highest BCUT2D eigenvalue weighted by molar-refractivity contribution is 7.99. The number of hydrogen-bond donors (Lipinski definition) is 1. The van der Waals surface area contributed by atoms with Gasteiger partial charge in [0.25, 0.3) is 0 Å². The van der Waals surface area contributed by atoms with Gasteiger partial charge in [-0.15, -0.1) is 21.5 Å². The third-order valence-corrected chi connectivity index (χ3v) is 6.08. The molecule has 0 spiro atoms. The van der Waals surface area contributed by atoms with Crippen molar-refractivity contribution in [3.63, 3.8) is 0 Å². The number of benzene rings is 1. The molecule has 1 amide bonds. The number of aryl methyl sites for hydroxylation is 4. The largest absolute Gasteiger partial charge is 0.385 e. The molecule has 0 unspecified atom stereocenters. The Hall–Kier alpha value is -2.23. The van der Waals surface area contributed by atoms with Crippen LogP contribution in [-0.2, 0) is 16.1 Å². The van der Waals surface area contributed by atoms with Crippen LogP contribution in [0.25, 0.3) is 11.3 Å². The van der Waals surface area contributed by atoms with Gasteiger partial charge in [-0.25, -0.2) is 4.98 Å². The van der Waals surface area contributed by atoms with E-state index in [0.717, 1.165) is 29.4 Å². The highest BCUT2D eigenvalue weighted by Gasteiger charge is 2.13. The Morgan fingerprint density at radius 1 is 1.28 bits per heavy atom. The minimum atomic E-state index is -0.111. The Balaban J connectivity index is 1.58. The second-order valence-corrected chi connectivity index (χ2v) is 8.60. The van der Waals surface area contributed by atoms with E-state index in [9.17, 15) is 4.79 Å². The molecule has 1 N–H and O–H groups in total. The standard InChI is InChI=1S/C20H25N5O2S2/c1-13-8-14(2)18(15(3)9-13)16-10-28-19(22-16)23-17(26)11-29-20-24-21-12-25(20)6-5-7-27-4/h8-10,12H,5-7,11H2,1-4H3,(H,22,23,26). The Bertz CT molecular complexity index is 960. The summed E-state index contributed by atoms with van der Waals surface area (Å²) in [6.45, 7) is 7.70. The number of rotatable bonds is 9. The van der Waals surface area contributed by atoms with Crippen molar-refractivity contribution >= 4 is 34.1 Å². The predicted octanol–water partition coefficient (Wildman–Crippen LogP) is 4.09. The molecule has 9 heteroatoms. The van der Waals surface area contributed by atoms with Crippen LogP contribution in [0.15, 0.2) is 29.0 Å². The first-order valence-corrected chi connectivity index (χ1v) is 11.2. The lowest BCUT2D eigenvalue weighted by atomic mass is 9.98. The molecule has 0 radical (unpaired) electrons. The van der Waals surface area contributed by atoms with E-state index in [-0.39, 0.29) is 11.7 Å². The van der Waals surface area contributed by atoms with Crippen molar-refractivity contribution in [2.45, 2.75) is 38.9 Å². The SMILES string of the molecule is COCCCn1cnnc1SCC(=O)Nc1nc(-c2c(C)cc(C)cc2C)cs1. The molecule has 0 fully saturated rings. The molecule has 154 valence electrons. The van der Waals surface area contributed by atoms with Crippen LogP contribution in [0.5, 0.6) is 0 Å². The van der Waals surface area contributed by atoms with E-state index < -0.39 is 0 Å². The van der Waals surface area contributed by atoms with Gasteiger partial charge in [-0.2, -0.15) is 0 Å². The fourth-order valence-corrected chi connectivity index (χ4v) is 4.66. The van der Waals surface area contributed by atoms with Gasteiger partial charge in [-0.3, -0.25) is 4.79 Å². The summed E-state index contributed by atoms with van der Waals surface area (Å²) >= 11 is 2.80. The molecule has 0 saturated heterocycles. The van der Waals surface area contributed by atoms with Crippen LogP contribution in [0.4, 0.5) is 5.13 Å². The number of nitrogens with one attached hydrogen (secondary N) is 1. The summed E-state index contributed by atoms with van der Waals surface area (Å²) in [7, 11) is 1.68. The number of carbonyl (C=O) groups excluding carboxylic acids is 1. The number of thioether (sulfide) groups is 1. The minimum Gasteiger partial charge on any atom is -0.385 e. The van der Waals surface area contributed by atoms with E-state index in [4.69, 9.17) is 4.74 Å². The Morgan fingerprint density at radius 3 is 2.76 bits per heavy atom. The molecule has 3 rings (SSSR count). The molecule has 0 saturated carbocycles. The van der Waals surface area contributed by atoms with Crippen LogP contribution in [0, 0.1) is 20.8 Å². The molecular formula is C20H25N5O2S2. The number of thiazole rings is 1. The molecule has 1 aromatic carbocycles. The third-order valence-electron chi connectivity index (χ3n) is 4.34.